The van der Waals surface area contributed by atoms with Crippen LogP contribution in [0.4, 0.5) is 0 Å². The van der Waals surface area contributed by atoms with Crippen LogP contribution in [0.1, 0.15) is 26.2 Å². The van der Waals surface area contributed by atoms with E-state index in [1.807, 2.05) is 0 Å². The Labute approximate surface area is 94.1 Å². The van der Waals surface area contributed by atoms with Gasteiger partial charge in [0.25, 0.3) is 0 Å². The molecule has 0 aliphatic carbocycles. The molecule has 0 fully saturated rings. The molecule has 0 aromatic rings. The largest absolute Gasteiger partial charge is 1.00 e. The Morgan fingerprint density at radius 3 is 2.36 bits per heavy atom. The third kappa shape index (κ3) is 10.3. The summed E-state index contributed by atoms with van der Waals surface area (Å²) in [5.74, 6) is 0. The summed E-state index contributed by atoms with van der Waals surface area (Å²) in [5, 5.41) is 8.77. The van der Waals surface area contributed by atoms with E-state index >= 15 is 0 Å². The molecular weight excluding hydrogens is 202 g/mol. The smallest absolute Gasteiger partial charge is 0.182 e. The van der Waals surface area contributed by atoms with E-state index in [2.05, 4.69) is 21.0 Å². The van der Waals surface area contributed by atoms with Crippen molar-refractivity contribution in [1.82, 2.24) is 0 Å². The molecule has 4 heteroatoms. The van der Waals surface area contributed by atoms with Crippen molar-refractivity contribution in [2.24, 2.45) is 0 Å². The lowest BCUT2D eigenvalue weighted by Gasteiger charge is -2.28. The zero-order valence-corrected chi connectivity index (χ0v) is 10.4. The maximum absolute atomic E-state index is 8.77. The zero-order chi connectivity index (χ0) is 10.2. The number of rotatable bonds is 8. The minimum Gasteiger partial charge on any atom is -1.00 e. The van der Waals surface area contributed by atoms with Crippen molar-refractivity contribution >= 4 is 0 Å². The van der Waals surface area contributed by atoms with Gasteiger partial charge in [0.2, 0.25) is 0 Å². The van der Waals surface area contributed by atoms with Gasteiger partial charge in [-0.05, 0) is 6.42 Å². The molecule has 14 heavy (non-hydrogen) atoms. The number of aliphatic hydroxyl groups is 1. The highest BCUT2D eigenvalue weighted by Gasteiger charge is 2.12. The monoisotopic (exact) mass is 225 g/mol. The number of likely N-dealkylation sites (N-methyl/N-ethyl adjacent to an activating group) is 1. The van der Waals surface area contributed by atoms with Gasteiger partial charge >= 0.3 is 0 Å². The summed E-state index contributed by atoms with van der Waals surface area (Å²) < 4.78 is 6.25. The maximum Gasteiger partial charge on any atom is 0.182 e. The SMILES string of the molecule is CCCCCOC[N+](C)(C)CCO.[Cl-]. The summed E-state index contributed by atoms with van der Waals surface area (Å²) in [6.45, 7) is 4.72. The molecule has 0 aromatic carbocycles. The second-order valence-electron chi connectivity index (χ2n) is 4.13. The van der Waals surface area contributed by atoms with Gasteiger partial charge in [0.05, 0.1) is 27.3 Å². The molecule has 3 nitrogen and oxygen atoms in total. The molecule has 0 saturated heterocycles. The van der Waals surface area contributed by atoms with Crippen molar-refractivity contribution in [1.29, 1.82) is 0 Å². The highest BCUT2D eigenvalue weighted by molar-refractivity contribution is 4.34. The van der Waals surface area contributed by atoms with E-state index < -0.39 is 0 Å². The summed E-state index contributed by atoms with van der Waals surface area (Å²) in [6.07, 6.45) is 3.63. The second kappa shape index (κ2) is 9.71. The summed E-state index contributed by atoms with van der Waals surface area (Å²) in [7, 11) is 4.13. The fraction of sp³-hybridized carbons (Fsp3) is 1.00. The van der Waals surface area contributed by atoms with Gasteiger partial charge in [0.15, 0.2) is 6.73 Å². The predicted octanol–water partition coefficient (Wildman–Crippen LogP) is -1.78. The van der Waals surface area contributed by atoms with E-state index in [1.165, 1.54) is 12.8 Å². The number of nitrogens with zero attached hydrogens (tertiary/aromatic N) is 1. The van der Waals surface area contributed by atoms with Crippen LogP contribution in [0.3, 0.4) is 0 Å². The Kier molecular flexibility index (Phi) is 11.5. The molecule has 0 saturated carbocycles. The topological polar surface area (TPSA) is 29.5 Å². The Morgan fingerprint density at radius 1 is 1.21 bits per heavy atom. The zero-order valence-electron chi connectivity index (χ0n) is 9.63. The van der Waals surface area contributed by atoms with Crippen molar-refractivity contribution in [3.8, 4) is 0 Å². The lowest BCUT2D eigenvalue weighted by molar-refractivity contribution is -0.910. The van der Waals surface area contributed by atoms with E-state index in [4.69, 9.17) is 9.84 Å². The van der Waals surface area contributed by atoms with Crippen molar-refractivity contribution in [3.05, 3.63) is 0 Å². The van der Waals surface area contributed by atoms with E-state index in [9.17, 15) is 0 Å². The molecule has 0 aliphatic heterocycles. The average Bonchev–Trinajstić information content (AvgIpc) is 2.04. The van der Waals surface area contributed by atoms with Crippen LogP contribution in [0.2, 0.25) is 0 Å². The molecule has 0 aliphatic rings. The van der Waals surface area contributed by atoms with Crippen LogP contribution in [-0.2, 0) is 4.74 Å². The van der Waals surface area contributed by atoms with Crippen molar-refractivity contribution in [2.75, 3.05) is 40.6 Å². The highest BCUT2D eigenvalue weighted by atomic mass is 35.5. The number of halogens is 1. The van der Waals surface area contributed by atoms with Crippen LogP contribution in [0.25, 0.3) is 0 Å². The predicted molar refractivity (Wildman–Crippen MR) is 54.4 cm³/mol. The molecule has 0 bridgehead atoms. The van der Waals surface area contributed by atoms with Crippen molar-refractivity contribution in [3.63, 3.8) is 0 Å². The normalized spacial score (nSPS) is 11.1. The Balaban J connectivity index is 0. The molecule has 0 rings (SSSR count). The van der Waals surface area contributed by atoms with E-state index in [-0.39, 0.29) is 19.0 Å². The molecule has 1 N–H and O–H groups in total. The van der Waals surface area contributed by atoms with Gasteiger partial charge in [-0.15, -0.1) is 0 Å². The first-order chi connectivity index (χ1) is 6.12. The maximum atomic E-state index is 8.77. The van der Waals surface area contributed by atoms with Crippen LogP contribution in [0.15, 0.2) is 0 Å². The standard InChI is InChI=1S/C10H24NO2.ClH/c1-4-5-6-9-13-10-11(2,3)7-8-12;/h12H,4-10H2,1-3H3;1H/q+1;/p-1. The lowest BCUT2D eigenvalue weighted by atomic mass is 10.3. The van der Waals surface area contributed by atoms with E-state index in [0.717, 1.165) is 24.1 Å². The number of hydrogen-bond acceptors (Lipinski definition) is 2. The van der Waals surface area contributed by atoms with Crippen LogP contribution in [0.5, 0.6) is 0 Å². The Bertz CT molecular complexity index is 121. The summed E-state index contributed by atoms with van der Waals surface area (Å²) >= 11 is 0. The summed E-state index contributed by atoms with van der Waals surface area (Å²) in [6, 6.07) is 0. The molecule has 0 aromatic heterocycles. The molecular formula is C10H24ClNO2. The molecule has 0 atom stereocenters. The highest BCUT2D eigenvalue weighted by Crippen LogP contribution is 1.99. The molecule has 0 spiro atoms. The van der Waals surface area contributed by atoms with E-state index in [1.54, 1.807) is 0 Å². The third-order valence-corrected chi connectivity index (χ3v) is 2.04. The van der Waals surface area contributed by atoms with Gasteiger partial charge in [-0.1, -0.05) is 19.8 Å². The summed E-state index contributed by atoms with van der Waals surface area (Å²) in [5.41, 5.74) is 0. The molecule has 88 valence electrons. The number of ether oxygens (including phenoxy) is 1. The summed E-state index contributed by atoms with van der Waals surface area (Å²) in [4.78, 5) is 0. The van der Waals surface area contributed by atoms with Gasteiger partial charge in [-0.2, -0.15) is 0 Å². The molecule has 0 heterocycles. The van der Waals surface area contributed by atoms with Crippen LogP contribution < -0.4 is 12.4 Å². The van der Waals surface area contributed by atoms with Crippen molar-refractivity contribution < 1.29 is 26.7 Å². The lowest BCUT2D eigenvalue weighted by Crippen LogP contribution is -3.00. The fourth-order valence-corrected chi connectivity index (χ4v) is 1.10. The first-order valence-electron chi connectivity index (χ1n) is 5.13. The first-order valence-corrected chi connectivity index (χ1v) is 5.13. The number of hydrogen-bond donors (Lipinski definition) is 1. The van der Waals surface area contributed by atoms with Gasteiger partial charge < -0.3 is 26.7 Å². The molecule has 0 amide bonds. The molecule has 0 radical (unpaired) electrons. The van der Waals surface area contributed by atoms with Gasteiger partial charge in [-0.3, -0.25) is 0 Å². The number of quaternary nitrogens is 1. The first kappa shape index (κ1) is 16.6. The van der Waals surface area contributed by atoms with Crippen LogP contribution in [-0.4, -0.2) is 50.2 Å². The minimum absolute atomic E-state index is 0. The van der Waals surface area contributed by atoms with Crippen LogP contribution >= 0.6 is 0 Å². The quantitative estimate of drug-likeness (QED) is 0.301. The minimum atomic E-state index is 0. The third-order valence-electron chi connectivity index (χ3n) is 2.04. The molecule has 0 unspecified atom stereocenters. The van der Waals surface area contributed by atoms with Crippen LogP contribution in [0, 0.1) is 0 Å². The Hall–Kier alpha value is 0.170. The van der Waals surface area contributed by atoms with E-state index in [0.29, 0.717) is 6.73 Å². The fourth-order valence-electron chi connectivity index (χ4n) is 1.10. The van der Waals surface area contributed by atoms with Gasteiger partial charge in [0, 0.05) is 0 Å². The van der Waals surface area contributed by atoms with Crippen molar-refractivity contribution in [2.45, 2.75) is 26.2 Å². The number of aliphatic hydroxyl groups excluding tert-OH is 1. The van der Waals surface area contributed by atoms with Gasteiger partial charge in [-0.25, -0.2) is 0 Å². The average molecular weight is 226 g/mol. The Morgan fingerprint density at radius 2 is 1.86 bits per heavy atom. The number of unbranched alkanes of at least 4 members (excludes halogenated alkanes) is 2. The second-order valence-corrected chi connectivity index (χ2v) is 4.13. The van der Waals surface area contributed by atoms with Gasteiger partial charge in [0.1, 0.15) is 6.54 Å².